The lowest BCUT2D eigenvalue weighted by Gasteiger charge is -2.35. The average molecular weight is 399 g/mol. The molecule has 2 saturated heterocycles. The Bertz CT molecular complexity index is 957. The van der Waals surface area contributed by atoms with E-state index >= 15 is 0 Å². The zero-order valence-corrected chi connectivity index (χ0v) is 15.6. The topological polar surface area (TPSA) is 88.2 Å². The van der Waals surface area contributed by atoms with Crippen LogP contribution in [0.2, 0.25) is 0 Å². The highest BCUT2D eigenvalue weighted by Crippen LogP contribution is 2.26. The van der Waals surface area contributed by atoms with Crippen molar-refractivity contribution in [1.82, 2.24) is 0 Å². The number of carbonyl (C=O) groups excluding carboxylic acids is 2. The highest BCUT2D eigenvalue weighted by Gasteiger charge is 2.46. The highest BCUT2D eigenvalue weighted by molar-refractivity contribution is 6.22. The van der Waals surface area contributed by atoms with Gasteiger partial charge < -0.3 is 9.80 Å². The van der Waals surface area contributed by atoms with Gasteiger partial charge in [-0.25, -0.2) is 9.29 Å². The van der Waals surface area contributed by atoms with E-state index in [1.54, 1.807) is 12.1 Å². The first-order valence-electron chi connectivity index (χ1n) is 9.40. The summed E-state index contributed by atoms with van der Waals surface area (Å²) in [6.07, 6.45) is 0.0907. The number of amides is 2. The van der Waals surface area contributed by atoms with Gasteiger partial charge in [-0.1, -0.05) is 6.07 Å². The number of anilines is 2. The lowest BCUT2D eigenvalue weighted by Crippen LogP contribution is -3.19. The molecule has 0 radical (unpaired) electrons. The average Bonchev–Trinajstić information content (AvgIpc) is 3.03. The van der Waals surface area contributed by atoms with E-state index in [2.05, 4.69) is 4.90 Å². The van der Waals surface area contributed by atoms with Crippen LogP contribution in [0.5, 0.6) is 0 Å². The summed E-state index contributed by atoms with van der Waals surface area (Å²) in [7, 11) is 0. The molecule has 4 rings (SSSR count). The van der Waals surface area contributed by atoms with Crippen LogP contribution >= 0.6 is 0 Å². The van der Waals surface area contributed by atoms with E-state index in [4.69, 9.17) is 0 Å². The van der Waals surface area contributed by atoms with Gasteiger partial charge in [0.05, 0.1) is 43.2 Å². The maximum atomic E-state index is 13.1. The first-order chi connectivity index (χ1) is 13.9. The van der Waals surface area contributed by atoms with Gasteiger partial charge >= 0.3 is 0 Å². The molecule has 150 valence electrons. The Labute approximate surface area is 166 Å². The zero-order valence-electron chi connectivity index (χ0n) is 15.6. The summed E-state index contributed by atoms with van der Waals surface area (Å²) in [5.74, 6) is -0.941. The van der Waals surface area contributed by atoms with Crippen molar-refractivity contribution in [3.8, 4) is 0 Å². The van der Waals surface area contributed by atoms with Crippen LogP contribution in [0.25, 0.3) is 0 Å². The fraction of sp³-hybridized carbons (Fsp3) is 0.300. The SMILES string of the molecule is O=C1C[C@@H]([NH+]2CCN(c3ccc(F)cc3)CC2)C(=O)N1c1cccc([N+](=O)[O-])c1. The van der Waals surface area contributed by atoms with E-state index < -0.39 is 11.0 Å². The van der Waals surface area contributed by atoms with Crippen LogP contribution in [0.3, 0.4) is 0 Å². The van der Waals surface area contributed by atoms with Gasteiger partial charge in [-0.05, 0) is 30.3 Å². The first-order valence-corrected chi connectivity index (χ1v) is 9.40. The molecule has 2 fully saturated rings. The molecule has 2 aliphatic heterocycles. The summed E-state index contributed by atoms with van der Waals surface area (Å²) in [6, 6.07) is 11.4. The van der Waals surface area contributed by atoms with Gasteiger partial charge in [0, 0.05) is 17.8 Å². The molecule has 29 heavy (non-hydrogen) atoms. The van der Waals surface area contributed by atoms with Crippen LogP contribution in [0.1, 0.15) is 6.42 Å². The molecule has 0 aliphatic carbocycles. The fourth-order valence-electron chi connectivity index (χ4n) is 4.02. The summed E-state index contributed by atoms with van der Waals surface area (Å²) in [5.41, 5.74) is 1.00. The van der Waals surface area contributed by atoms with Crippen LogP contribution in [0.4, 0.5) is 21.5 Å². The van der Waals surface area contributed by atoms with Gasteiger partial charge in [0.2, 0.25) is 5.91 Å². The molecule has 0 aromatic heterocycles. The minimum Gasteiger partial charge on any atom is -0.360 e. The first kappa shape index (κ1) is 19.0. The summed E-state index contributed by atoms with van der Waals surface area (Å²) in [4.78, 5) is 40.1. The number of nitrogens with zero attached hydrogens (tertiary/aromatic N) is 3. The molecule has 1 N–H and O–H groups in total. The number of imide groups is 1. The second kappa shape index (κ2) is 7.59. The van der Waals surface area contributed by atoms with Gasteiger partial charge in [-0.2, -0.15) is 0 Å². The third-order valence-electron chi connectivity index (χ3n) is 5.54. The van der Waals surface area contributed by atoms with Crippen LogP contribution < -0.4 is 14.7 Å². The minimum atomic E-state index is -0.550. The van der Waals surface area contributed by atoms with Crippen LogP contribution in [0, 0.1) is 15.9 Å². The molecule has 0 saturated carbocycles. The van der Waals surface area contributed by atoms with E-state index in [9.17, 15) is 24.1 Å². The van der Waals surface area contributed by atoms with Crippen molar-refractivity contribution in [3.05, 3.63) is 64.5 Å². The number of piperazine rings is 1. The van der Waals surface area contributed by atoms with Crippen molar-refractivity contribution < 1.29 is 23.8 Å². The Morgan fingerprint density at radius 1 is 1.03 bits per heavy atom. The van der Waals surface area contributed by atoms with E-state index in [0.29, 0.717) is 26.2 Å². The quantitative estimate of drug-likeness (QED) is 0.466. The maximum Gasteiger partial charge on any atom is 0.292 e. The number of hydrogen-bond donors (Lipinski definition) is 1. The molecule has 9 heteroatoms. The molecule has 0 unspecified atom stereocenters. The Kier molecular flexibility index (Phi) is 4.98. The smallest absolute Gasteiger partial charge is 0.292 e. The number of hydrogen-bond acceptors (Lipinski definition) is 5. The highest BCUT2D eigenvalue weighted by atomic mass is 19.1. The van der Waals surface area contributed by atoms with E-state index in [0.717, 1.165) is 15.5 Å². The van der Waals surface area contributed by atoms with E-state index in [1.165, 1.54) is 36.4 Å². The zero-order chi connectivity index (χ0) is 20.5. The van der Waals surface area contributed by atoms with Crippen molar-refractivity contribution >= 4 is 28.9 Å². The van der Waals surface area contributed by atoms with Gasteiger partial charge in [-0.3, -0.25) is 19.7 Å². The summed E-state index contributed by atoms with van der Waals surface area (Å²) in [6.45, 7) is 2.72. The van der Waals surface area contributed by atoms with E-state index in [-0.39, 0.29) is 35.4 Å². The standard InChI is InChI=1S/C20H19FN4O4/c21-14-4-6-15(7-5-14)22-8-10-23(11-9-22)18-13-19(26)24(20(18)27)16-2-1-3-17(12-16)25(28)29/h1-7,12,18H,8-11,13H2/p+1/t18-/m1/s1. The number of non-ortho nitro benzene ring substituents is 1. The monoisotopic (exact) mass is 399 g/mol. The number of nitro groups is 1. The van der Waals surface area contributed by atoms with Crippen LogP contribution in [-0.2, 0) is 9.59 Å². The van der Waals surface area contributed by atoms with E-state index in [1.807, 2.05) is 0 Å². The summed E-state index contributed by atoms with van der Waals surface area (Å²) < 4.78 is 13.1. The Balaban J connectivity index is 1.45. The molecule has 2 aromatic rings. The van der Waals surface area contributed by atoms with Crippen molar-refractivity contribution in [2.45, 2.75) is 12.5 Å². The number of benzene rings is 2. The van der Waals surface area contributed by atoms with Crippen molar-refractivity contribution in [2.24, 2.45) is 0 Å². The lowest BCUT2D eigenvalue weighted by atomic mass is 10.1. The molecule has 2 aromatic carbocycles. The van der Waals surface area contributed by atoms with Crippen LogP contribution in [0.15, 0.2) is 48.5 Å². The molecular weight excluding hydrogens is 379 g/mol. The molecule has 0 spiro atoms. The summed E-state index contributed by atoms with van der Waals surface area (Å²) >= 11 is 0. The number of halogens is 1. The Morgan fingerprint density at radius 3 is 2.38 bits per heavy atom. The van der Waals surface area contributed by atoms with Gasteiger partial charge in [-0.15, -0.1) is 0 Å². The third kappa shape index (κ3) is 3.68. The maximum absolute atomic E-state index is 13.1. The Hall–Kier alpha value is -3.33. The molecule has 2 aliphatic rings. The van der Waals surface area contributed by atoms with Gasteiger partial charge in [0.15, 0.2) is 6.04 Å². The number of quaternary nitrogens is 1. The molecule has 8 nitrogen and oxygen atoms in total. The number of carbonyl (C=O) groups is 2. The number of rotatable bonds is 4. The van der Waals surface area contributed by atoms with Crippen LogP contribution in [-0.4, -0.2) is 49.0 Å². The molecule has 2 heterocycles. The van der Waals surface area contributed by atoms with Crippen molar-refractivity contribution in [1.29, 1.82) is 0 Å². The normalized spacial score (nSPS) is 20.4. The third-order valence-corrected chi connectivity index (χ3v) is 5.54. The Morgan fingerprint density at radius 2 is 1.72 bits per heavy atom. The minimum absolute atomic E-state index is 0.0907. The number of nitrogens with one attached hydrogen (secondary N) is 1. The predicted octanol–water partition coefficient (Wildman–Crippen LogP) is 0.771. The molecule has 1 atom stereocenters. The second-order valence-electron chi connectivity index (χ2n) is 7.22. The largest absolute Gasteiger partial charge is 0.360 e. The van der Waals surface area contributed by atoms with Gasteiger partial charge in [0.1, 0.15) is 5.82 Å². The fourth-order valence-corrected chi connectivity index (χ4v) is 4.02. The van der Waals surface area contributed by atoms with Crippen molar-refractivity contribution in [3.63, 3.8) is 0 Å². The lowest BCUT2D eigenvalue weighted by molar-refractivity contribution is -0.915. The molecular formula is C20H20FN4O4+. The van der Waals surface area contributed by atoms with Crippen molar-refractivity contribution in [2.75, 3.05) is 36.0 Å². The van der Waals surface area contributed by atoms with Gasteiger partial charge in [0.25, 0.3) is 11.6 Å². The second-order valence-corrected chi connectivity index (χ2v) is 7.22. The molecule has 2 amide bonds. The summed E-state index contributed by atoms with van der Waals surface area (Å²) in [5, 5.41) is 11.0. The number of nitro benzene ring substituents is 1. The molecule has 0 bridgehead atoms. The predicted molar refractivity (Wildman–Crippen MR) is 103 cm³/mol.